The van der Waals surface area contributed by atoms with Crippen LogP contribution in [0.15, 0.2) is 12.2 Å². The number of likely N-dealkylation sites (tertiary alicyclic amines) is 1. The Balaban J connectivity index is 2.24. The van der Waals surface area contributed by atoms with Gasteiger partial charge in [-0.25, -0.2) is 0 Å². The number of hydrogen-bond donors (Lipinski definition) is 1. The van der Waals surface area contributed by atoms with Crippen LogP contribution in [0.4, 0.5) is 0 Å². The monoisotopic (exact) mass is 169 g/mol. The van der Waals surface area contributed by atoms with Crippen molar-refractivity contribution in [1.82, 2.24) is 4.90 Å². The molecule has 0 radical (unpaired) electrons. The lowest BCUT2D eigenvalue weighted by atomic mass is 10.0. The minimum Gasteiger partial charge on any atom is -0.392 e. The van der Waals surface area contributed by atoms with Crippen molar-refractivity contribution in [2.24, 2.45) is 0 Å². The predicted molar refractivity (Wildman–Crippen MR) is 51.1 cm³/mol. The molecular formula is C10H19NO. The molecule has 0 aromatic carbocycles. The fraction of sp³-hybridized carbons (Fsp3) is 0.800. The van der Waals surface area contributed by atoms with Crippen molar-refractivity contribution < 1.29 is 5.11 Å². The van der Waals surface area contributed by atoms with E-state index in [1.54, 1.807) is 0 Å². The molecule has 0 spiro atoms. The lowest BCUT2D eigenvalue weighted by Crippen LogP contribution is -2.37. The van der Waals surface area contributed by atoms with E-state index < -0.39 is 0 Å². The van der Waals surface area contributed by atoms with Gasteiger partial charge < -0.3 is 5.11 Å². The Hall–Kier alpha value is -0.340. The van der Waals surface area contributed by atoms with E-state index in [2.05, 4.69) is 17.9 Å². The second kappa shape index (κ2) is 5.33. The van der Waals surface area contributed by atoms with E-state index >= 15 is 0 Å². The lowest BCUT2D eigenvalue weighted by molar-refractivity contribution is 0.178. The maximum absolute atomic E-state index is 8.56. The van der Waals surface area contributed by atoms with Gasteiger partial charge in [-0.15, -0.1) is 0 Å². The van der Waals surface area contributed by atoms with Crippen LogP contribution in [0.5, 0.6) is 0 Å². The number of nitrogens with zero attached hydrogens (tertiary/aromatic N) is 1. The highest BCUT2D eigenvalue weighted by Crippen LogP contribution is 2.15. The Kier molecular flexibility index (Phi) is 4.33. The maximum Gasteiger partial charge on any atom is 0.0612 e. The molecule has 1 saturated heterocycles. The molecule has 1 aliphatic rings. The first kappa shape index (κ1) is 9.75. The first-order valence-electron chi connectivity index (χ1n) is 4.84. The smallest absolute Gasteiger partial charge is 0.0612 e. The third kappa shape index (κ3) is 2.95. The molecule has 1 unspecified atom stereocenters. The van der Waals surface area contributed by atoms with Crippen molar-refractivity contribution in [1.29, 1.82) is 0 Å². The largest absolute Gasteiger partial charge is 0.392 e. The van der Waals surface area contributed by atoms with Crippen molar-refractivity contribution in [3.63, 3.8) is 0 Å². The molecule has 12 heavy (non-hydrogen) atoms. The molecule has 1 N–H and O–H groups in total. The summed E-state index contributed by atoms with van der Waals surface area (Å²) in [6, 6.07) is 0.724. The fourth-order valence-corrected chi connectivity index (χ4v) is 1.71. The van der Waals surface area contributed by atoms with Crippen LogP contribution in [0.3, 0.4) is 0 Å². The maximum atomic E-state index is 8.56. The Labute approximate surface area is 74.9 Å². The summed E-state index contributed by atoms with van der Waals surface area (Å²) in [6.07, 6.45) is 7.91. The summed E-state index contributed by atoms with van der Waals surface area (Å²) in [7, 11) is 0. The molecule has 0 aromatic heterocycles. The molecule has 2 heteroatoms. The first-order chi connectivity index (χ1) is 5.84. The highest BCUT2D eigenvalue weighted by molar-refractivity contribution is 4.86. The molecule has 0 aromatic rings. The zero-order valence-corrected chi connectivity index (χ0v) is 7.87. The average molecular weight is 169 g/mol. The molecule has 1 atom stereocenters. The van der Waals surface area contributed by atoms with E-state index in [0.717, 1.165) is 12.6 Å². The van der Waals surface area contributed by atoms with Crippen molar-refractivity contribution in [3.8, 4) is 0 Å². The number of rotatable bonds is 3. The van der Waals surface area contributed by atoms with E-state index in [-0.39, 0.29) is 6.61 Å². The van der Waals surface area contributed by atoms with Crippen LogP contribution in [0.2, 0.25) is 0 Å². The van der Waals surface area contributed by atoms with Gasteiger partial charge in [0.25, 0.3) is 0 Å². The van der Waals surface area contributed by atoms with Crippen LogP contribution < -0.4 is 0 Å². The van der Waals surface area contributed by atoms with Crippen molar-refractivity contribution in [2.75, 3.05) is 19.7 Å². The summed E-state index contributed by atoms with van der Waals surface area (Å²) >= 11 is 0. The molecule has 0 amide bonds. The van der Waals surface area contributed by atoms with Crippen LogP contribution in [0.25, 0.3) is 0 Å². The van der Waals surface area contributed by atoms with Gasteiger partial charge >= 0.3 is 0 Å². The Morgan fingerprint density at radius 2 is 2.25 bits per heavy atom. The summed E-state index contributed by atoms with van der Waals surface area (Å²) in [6.45, 7) is 4.67. The zero-order valence-electron chi connectivity index (χ0n) is 7.87. The summed E-state index contributed by atoms with van der Waals surface area (Å²) in [5.41, 5.74) is 0. The minimum atomic E-state index is 0.169. The van der Waals surface area contributed by atoms with Crippen LogP contribution in [-0.2, 0) is 0 Å². The highest BCUT2D eigenvalue weighted by Gasteiger charge is 2.15. The SMILES string of the molecule is CC1CCCCN1CC=CCO. The predicted octanol–water partition coefficient (Wildman–Crippen LogP) is 1.41. The second-order valence-electron chi connectivity index (χ2n) is 3.49. The van der Waals surface area contributed by atoms with Gasteiger partial charge in [0.1, 0.15) is 0 Å². The van der Waals surface area contributed by atoms with Gasteiger partial charge in [-0.3, -0.25) is 4.90 Å². The molecule has 0 bridgehead atoms. The molecule has 70 valence electrons. The van der Waals surface area contributed by atoms with Crippen molar-refractivity contribution in [3.05, 3.63) is 12.2 Å². The molecule has 0 saturated carbocycles. The number of hydrogen-bond acceptors (Lipinski definition) is 2. The van der Waals surface area contributed by atoms with E-state index in [4.69, 9.17) is 5.11 Å². The van der Waals surface area contributed by atoms with E-state index in [9.17, 15) is 0 Å². The van der Waals surface area contributed by atoms with Gasteiger partial charge in [0.2, 0.25) is 0 Å². The van der Waals surface area contributed by atoms with Crippen LogP contribution in [0, 0.1) is 0 Å². The van der Waals surface area contributed by atoms with E-state index in [0.29, 0.717) is 0 Å². The Morgan fingerprint density at radius 1 is 1.42 bits per heavy atom. The quantitative estimate of drug-likeness (QED) is 0.646. The third-order valence-corrected chi connectivity index (χ3v) is 2.55. The fourth-order valence-electron chi connectivity index (χ4n) is 1.71. The van der Waals surface area contributed by atoms with E-state index in [1.807, 2.05) is 6.08 Å². The highest BCUT2D eigenvalue weighted by atomic mass is 16.2. The number of piperidine rings is 1. The second-order valence-corrected chi connectivity index (χ2v) is 3.49. The van der Waals surface area contributed by atoms with Gasteiger partial charge in [-0.1, -0.05) is 18.6 Å². The van der Waals surface area contributed by atoms with Gasteiger partial charge in [-0.2, -0.15) is 0 Å². The average Bonchev–Trinajstić information content (AvgIpc) is 2.09. The van der Waals surface area contributed by atoms with Crippen molar-refractivity contribution >= 4 is 0 Å². The zero-order chi connectivity index (χ0) is 8.81. The Morgan fingerprint density at radius 3 is 2.92 bits per heavy atom. The third-order valence-electron chi connectivity index (χ3n) is 2.55. The first-order valence-corrected chi connectivity index (χ1v) is 4.84. The molecular weight excluding hydrogens is 150 g/mol. The number of aliphatic hydroxyl groups is 1. The van der Waals surface area contributed by atoms with E-state index in [1.165, 1.54) is 25.8 Å². The van der Waals surface area contributed by atoms with Crippen molar-refractivity contribution in [2.45, 2.75) is 32.2 Å². The number of aliphatic hydroxyl groups excluding tert-OH is 1. The van der Waals surface area contributed by atoms with Gasteiger partial charge in [-0.05, 0) is 26.3 Å². The molecule has 2 nitrogen and oxygen atoms in total. The summed E-state index contributed by atoms with van der Waals surface area (Å²) in [5.74, 6) is 0. The normalized spacial score (nSPS) is 26.7. The molecule has 1 aliphatic heterocycles. The van der Waals surface area contributed by atoms with Crippen LogP contribution in [-0.4, -0.2) is 35.7 Å². The summed E-state index contributed by atoms with van der Waals surface area (Å²) in [5, 5.41) is 8.56. The van der Waals surface area contributed by atoms with Gasteiger partial charge in [0.15, 0.2) is 0 Å². The van der Waals surface area contributed by atoms with Crippen LogP contribution >= 0.6 is 0 Å². The summed E-state index contributed by atoms with van der Waals surface area (Å²) < 4.78 is 0. The minimum absolute atomic E-state index is 0.169. The van der Waals surface area contributed by atoms with Gasteiger partial charge in [0.05, 0.1) is 6.61 Å². The molecule has 1 fully saturated rings. The molecule has 0 aliphatic carbocycles. The topological polar surface area (TPSA) is 23.5 Å². The summed E-state index contributed by atoms with van der Waals surface area (Å²) in [4.78, 5) is 2.47. The Bertz CT molecular complexity index is 145. The lowest BCUT2D eigenvalue weighted by Gasteiger charge is -2.32. The molecule has 1 heterocycles. The molecule has 1 rings (SSSR count). The van der Waals surface area contributed by atoms with Crippen LogP contribution in [0.1, 0.15) is 26.2 Å². The van der Waals surface area contributed by atoms with Gasteiger partial charge in [0, 0.05) is 12.6 Å². The standard InChI is InChI=1S/C10H19NO/c1-10-6-2-3-7-11(10)8-4-5-9-12/h4-5,10,12H,2-3,6-9H2,1H3.